The molecule has 0 heterocycles. The smallest absolute Gasteiger partial charge is 0.335 e. The van der Waals surface area contributed by atoms with Gasteiger partial charge in [0, 0.05) is 11.6 Å². The van der Waals surface area contributed by atoms with E-state index in [1.165, 1.54) is 25.1 Å². The van der Waals surface area contributed by atoms with E-state index in [1.54, 1.807) is 0 Å². The number of benzene rings is 1. The highest BCUT2D eigenvalue weighted by atomic mass is 16.5. The minimum Gasteiger partial charge on any atom is -0.423 e. The van der Waals surface area contributed by atoms with Crippen LogP contribution in [0.4, 0.5) is 5.69 Å². The van der Waals surface area contributed by atoms with E-state index in [4.69, 9.17) is 4.74 Å². The van der Waals surface area contributed by atoms with E-state index in [0.29, 0.717) is 5.69 Å². The lowest BCUT2D eigenvalue weighted by molar-refractivity contribution is -0.129. The molecule has 0 atom stereocenters. The van der Waals surface area contributed by atoms with Crippen molar-refractivity contribution in [1.29, 1.82) is 0 Å². The fraction of sp³-hybridized carbons (Fsp3) is 0.0714. The van der Waals surface area contributed by atoms with E-state index < -0.39 is 11.9 Å². The first-order chi connectivity index (χ1) is 8.97. The molecule has 98 valence electrons. The SMILES string of the molecule is C=CC(=O)Nc1ccc(OC(=O)C=C)cc1C(C)=O. The van der Waals surface area contributed by atoms with Gasteiger partial charge in [-0.2, -0.15) is 0 Å². The third-order valence-corrected chi connectivity index (χ3v) is 2.20. The Kier molecular flexibility index (Phi) is 4.76. The Morgan fingerprint density at radius 2 is 1.89 bits per heavy atom. The van der Waals surface area contributed by atoms with Crippen LogP contribution in [-0.2, 0) is 9.59 Å². The summed E-state index contributed by atoms with van der Waals surface area (Å²) in [6, 6.07) is 4.32. The molecule has 0 saturated carbocycles. The summed E-state index contributed by atoms with van der Waals surface area (Å²) in [6.07, 6.45) is 2.11. The molecule has 0 aromatic heterocycles. The highest BCUT2D eigenvalue weighted by molar-refractivity contribution is 6.06. The summed E-state index contributed by atoms with van der Waals surface area (Å²) in [4.78, 5) is 33.8. The van der Waals surface area contributed by atoms with Crippen molar-refractivity contribution < 1.29 is 19.1 Å². The first-order valence-electron chi connectivity index (χ1n) is 5.40. The number of Topliss-reactive ketones (excluding diaryl/α,β-unsaturated/α-hetero) is 1. The van der Waals surface area contributed by atoms with Crippen LogP contribution in [0.2, 0.25) is 0 Å². The minimum absolute atomic E-state index is 0.201. The molecule has 1 rings (SSSR count). The molecule has 5 heteroatoms. The number of ether oxygens (including phenoxy) is 1. The second-order valence-corrected chi connectivity index (χ2v) is 3.58. The Balaban J connectivity index is 3.10. The maximum Gasteiger partial charge on any atom is 0.335 e. The van der Waals surface area contributed by atoms with Gasteiger partial charge in [0.1, 0.15) is 5.75 Å². The summed E-state index contributed by atoms with van der Waals surface area (Å²) >= 11 is 0. The second kappa shape index (κ2) is 6.30. The predicted octanol–water partition coefficient (Wildman–Crippen LogP) is 2.11. The van der Waals surface area contributed by atoms with Crippen molar-refractivity contribution >= 4 is 23.3 Å². The molecule has 19 heavy (non-hydrogen) atoms. The first kappa shape index (κ1) is 14.4. The molecule has 5 nitrogen and oxygen atoms in total. The van der Waals surface area contributed by atoms with E-state index in [-0.39, 0.29) is 17.1 Å². The number of carbonyl (C=O) groups is 3. The summed E-state index contributed by atoms with van der Waals surface area (Å²) < 4.78 is 4.90. The van der Waals surface area contributed by atoms with E-state index in [1.807, 2.05) is 0 Å². The van der Waals surface area contributed by atoms with Gasteiger partial charge in [0.05, 0.1) is 5.69 Å². The van der Waals surface area contributed by atoms with Gasteiger partial charge in [0.2, 0.25) is 5.91 Å². The van der Waals surface area contributed by atoms with Crippen molar-refractivity contribution in [3.63, 3.8) is 0 Å². The van der Waals surface area contributed by atoms with Gasteiger partial charge in [-0.25, -0.2) is 4.79 Å². The molecule has 0 aliphatic carbocycles. The maximum atomic E-state index is 11.5. The standard InChI is InChI=1S/C14H13NO4/c1-4-13(17)15-12-7-6-10(19-14(18)5-2)8-11(12)9(3)16/h4-8H,1-2H2,3H3,(H,15,17). The third kappa shape index (κ3) is 3.92. The van der Waals surface area contributed by atoms with Crippen molar-refractivity contribution in [1.82, 2.24) is 0 Å². The topological polar surface area (TPSA) is 72.5 Å². The number of ketones is 1. The number of nitrogens with one attached hydrogen (secondary N) is 1. The van der Waals surface area contributed by atoms with Crippen LogP contribution in [0.3, 0.4) is 0 Å². The van der Waals surface area contributed by atoms with Crippen LogP contribution in [0.1, 0.15) is 17.3 Å². The molecular formula is C14H13NO4. The highest BCUT2D eigenvalue weighted by Crippen LogP contribution is 2.23. The molecule has 0 spiro atoms. The average molecular weight is 259 g/mol. The lowest BCUT2D eigenvalue weighted by atomic mass is 10.1. The second-order valence-electron chi connectivity index (χ2n) is 3.58. The number of amides is 1. The molecule has 0 radical (unpaired) electrons. The zero-order valence-corrected chi connectivity index (χ0v) is 10.4. The number of hydrogen-bond donors (Lipinski definition) is 1. The normalized spacial score (nSPS) is 9.32. The summed E-state index contributed by atoms with van der Waals surface area (Å²) in [7, 11) is 0. The lowest BCUT2D eigenvalue weighted by Gasteiger charge is -2.09. The van der Waals surface area contributed by atoms with Crippen LogP contribution in [0, 0.1) is 0 Å². The monoisotopic (exact) mass is 259 g/mol. The van der Waals surface area contributed by atoms with Crippen molar-refractivity contribution in [3.8, 4) is 5.75 Å². The summed E-state index contributed by atoms with van der Waals surface area (Å²) in [5.41, 5.74) is 0.570. The van der Waals surface area contributed by atoms with Crippen molar-refractivity contribution in [3.05, 3.63) is 49.1 Å². The molecule has 0 unspecified atom stereocenters. The number of hydrogen-bond acceptors (Lipinski definition) is 4. The Morgan fingerprint density at radius 1 is 1.21 bits per heavy atom. The summed E-state index contributed by atoms with van der Waals surface area (Å²) in [6.45, 7) is 7.94. The van der Waals surface area contributed by atoms with Crippen LogP contribution >= 0.6 is 0 Å². The van der Waals surface area contributed by atoms with Crippen LogP contribution in [0.5, 0.6) is 5.75 Å². The minimum atomic E-state index is -0.627. The van der Waals surface area contributed by atoms with Gasteiger partial charge in [-0.1, -0.05) is 13.2 Å². The largest absolute Gasteiger partial charge is 0.423 e. The Hall–Kier alpha value is -2.69. The van der Waals surface area contributed by atoms with Crippen LogP contribution in [0.25, 0.3) is 0 Å². The van der Waals surface area contributed by atoms with E-state index >= 15 is 0 Å². The zero-order chi connectivity index (χ0) is 14.4. The van der Waals surface area contributed by atoms with E-state index in [0.717, 1.165) is 12.2 Å². The van der Waals surface area contributed by atoms with Gasteiger partial charge in [0.15, 0.2) is 5.78 Å². The van der Waals surface area contributed by atoms with E-state index in [9.17, 15) is 14.4 Å². The predicted molar refractivity (Wildman–Crippen MR) is 71.1 cm³/mol. The third-order valence-electron chi connectivity index (χ3n) is 2.20. The fourth-order valence-corrected chi connectivity index (χ4v) is 1.33. The van der Waals surface area contributed by atoms with E-state index in [2.05, 4.69) is 18.5 Å². The molecule has 1 aromatic carbocycles. The maximum absolute atomic E-state index is 11.5. The van der Waals surface area contributed by atoms with Gasteiger partial charge in [-0.05, 0) is 31.2 Å². The Morgan fingerprint density at radius 3 is 2.42 bits per heavy atom. The highest BCUT2D eigenvalue weighted by Gasteiger charge is 2.11. The van der Waals surface area contributed by atoms with Gasteiger partial charge < -0.3 is 10.1 Å². The molecule has 0 bridgehead atoms. The zero-order valence-electron chi connectivity index (χ0n) is 10.4. The van der Waals surface area contributed by atoms with Crippen molar-refractivity contribution in [2.24, 2.45) is 0 Å². The Bertz CT molecular complexity index is 561. The molecule has 1 aromatic rings. The van der Waals surface area contributed by atoms with Crippen LogP contribution in [-0.4, -0.2) is 17.7 Å². The fourth-order valence-electron chi connectivity index (χ4n) is 1.33. The molecule has 1 N–H and O–H groups in total. The van der Waals surface area contributed by atoms with Gasteiger partial charge in [-0.3, -0.25) is 9.59 Å². The lowest BCUT2D eigenvalue weighted by Crippen LogP contribution is -2.11. The first-order valence-corrected chi connectivity index (χ1v) is 5.40. The molecule has 1 amide bonds. The molecule has 0 aliphatic heterocycles. The number of anilines is 1. The number of rotatable bonds is 5. The molecular weight excluding hydrogens is 246 g/mol. The molecule has 0 aliphatic rings. The average Bonchev–Trinajstić information content (AvgIpc) is 2.39. The summed E-state index contributed by atoms with van der Waals surface area (Å²) in [5.74, 6) is -1.13. The van der Waals surface area contributed by atoms with Gasteiger partial charge in [0.25, 0.3) is 0 Å². The Labute approximate surface area is 110 Å². The van der Waals surface area contributed by atoms with Gasteiger partial charge in [-0.15, -0.1) is 0 Å². The molecule has 0 saturated heterocycles. The van der Waals surface area contributed by atoms with Gasteiger partial charge >= 0.3 is 5.97 Å². The van der Waals surface area contributed by atoms with Crippen LogP contribution in [0.15, 0.2) is 43.5 Å². The van der Waals surface area contributed by atoms with Crippen molar-refractivity contribution in [2.45, 2.75) is 6.92 Å². The van der Waals surface area contributed by atoms with Crippen molar-refractivity contribution in [2.75, 3.05) is 5.32 Å². The quantitative estimate of drug-likeness (QED) is 0.380. The van der Waals surface area contributed by atoms with Crippen LogP contribution < -0.4 is 10.1 Å². The number of esters is 1. The number of carbonyl (C=O) groups excluding carboxylic acids is 3. The summed E-state index contributed by atoms with van der Waals surface area (Å²) in [5, 5.41) is 2.50. The molecule has 0 fully saturated rings.